The molecule has 0 amide bonds. The summed E-state index contributed by atoms with van der Waals surface area (Å²) in [6.07, 6.45) is 2.04. The van der Waals surface area contributed by atoms with E-state index >= 15 is 0 Å². The van der Waals surface area contributed by atoms with Gasteiger partial charge in [-0.15, -0.1) is 0 Å². The van der Waals surface area contributed by atoms with Crippen LogP contribution in [0.4, 0.5) is 0 Å². The summed E-state index contributed by atoms with van der Waals surface area (Å²) >= 11 is 0. The minimum atomic E-state index is -3.21. The first-order chi connectivity index (χ1) is 7.35. The maximum absolute atomic E-state index is 11.4. The Labute approximate surface area is 97.6 Å². The first kappa shape index (κ1) is 13.9. The second kappa shape index (κ2) is 5.46. The van der Waals surface area contributed by atoms with Crippen LogP contribution in [0.1, 0.15) is 26.2 Å². The summed E-state index contributed by atoms with van der Waals surface area (Å²) in [5, 5.41) is 0. The summed E-state index contributed by atoms with van der Waals surface area (Å²) in [5.41, 5.74) is 0. The van der Waals surface area contributed by atoms with E-state index in [9.17, 15) is 16.8 Å². The van der Waals surface area contributed by atoms with Crippen molar-refractivity contribution in [1.29, 1.82) is 0 Å². The summed E-state index contributed by atoms with van der Waals surface area (Å²) < 4.78 is 47.7. The quantitative estimate of drug-likeness (QED) is 0.744. The van der Waals surface area contributed by atoms with E-state index in [-0.39, 0.29) is 29.7 Å². The second-order valence-electron chi connectivity index (χ2n) is 4.29. The van der Waals surface area contributed by atoms with Gasteiger partial charge in [0.2, 0.25) is 10.0 Å². The van der Waals surface area contributed by atoms with Crippen LogP contribution in [0.2, 0.25) is 0 Å². The lowest BCUT2D eigenvalue weighted by molar-refractivity contribution is 0.541. The Hall–Kier alpha value is -0.140. The Balaban J connectivity index is 2.35. The molecule has 0 bridgehead atoms. The van der Waals surface area contributed by atoms with E-state index < -0.39 is 19.9 Å². The lowest BCUT2D eigenvalue weighted by atomic mass is 10.1. The lowest BCUT2D eigenvalue weighted by Gasteiger charge is -2.09. The van der Waals surface area contributed by atoms with Gasteiger partial charge in [-0.1, -0.05) is 13.3 Å². The van der Waals surface area contributed by atoms with Crippen molar-refractivity contribution in [2.24, 2.45) is 5.92 Å². The van der Waals surface area contributed by atoms with Crippen LogP contribution in [0.25, 0.3) is 0 Å². The van der Waals surface area contributed by atoms with E-state index in [2.05, 4.69) is 4.72 Å². The van der Waals surface area contributed by atoms with Crippen LogP contribution in [0, 0.1) is 5.92 Å². The van der Waals surface area contributed by atoms with Gasteiger partial charge in [-0.25, -0.2) is 21.6 Å². The second-order valence-corrected chi connectivity index (χ2v) is 8.45. The fourth-order valence-electron chi connectivity index (χ4n) is 1.68. The van der Waals surface area contributed by atoms with Crippen molar-refractivity contribution in [2.45, 2.75) is 26.2 Å². The van der Waals surface area contributed by atoms with E-state index in [0.29, 0.717) is 12.8 Å². The van der Waals surface area contributed by atoms with Gasteiger partial charge in [-0.05, 0) is 18.8 Å². The zero-order valence-corrected chi connectivity index (χ0v) is 11.1. The van der Waals surface area contributed by atoms with Crippen molar-refractivity contribution in [1.82, 2.24) is 4.72 Å². The van der Waals surface area contributed by atoms with Gasteiger partial charge in [0, 0.05) is 6.54 Å². The molecule has 0 radical (unpaired) electrons. The van der Waals surface area contributed by atoms with Crippen LogP contribution in [0.5, 0.6) is 0 Å². The standard InChI is InChI=1S/C9H19NO4S2/c1-2-3-5-16(13,14)10-7-9-4-6-15(11,12)8-9/h9-10H,2-8H2,1H3. The Morgan fingerprint density at radius 2 is 2.06 bits per heavy atom. The molecule has 5 nitrogen and oxygen atoms in total. The van der Waals surface area contributed by atoms with E-state index in [4.69, 9.17) is 0 Å². The average Bonchev–Trinajstić information content (AvgIpc) is 2.53. The molecule has 1 heterocycles. The van der Waals surface area contributed by atoms with E-state index in [1.165, 1.54) is 0 Å². The van der Waals surface area contributed by atoms with Gasteiger partial charge in [-0.3, -0.25) is 0 Å². The van der Waals surface area contributed by atoms with Gasteiger partial charge in [0.25, 0.3) is 0 Å². The number of sulfone groups is 1. The number of sulfonamides is 1. The van der Waals surface area contributed by atoms with Crippen molar-refractivity contribution in [2.75, 3.05) is 23.8 Å². The topological polar surface area (TPSA) is 80.3 Å². The van der Waals surface area contributed by atoms with Crippen molar-refractivity contribution >= 4 is 19.9 Å². The molecule has 0 saturated carbocycles. The number of rotatable bonds is 6. The Kier molecular flexibility index (Phi) is 4.75. The first-order valence-electron chi connectivity index (χ1n) is 5.52. The Morgan fingerprint density at radius 3 is 2.56 bits per heavy atom. The van der Waals surface area contributed by atoms with Crippen LogP contribution in [0.3, 0.4) is 0 Å². The zero-order chi connectivity index (χ0) is 12.2. The maximum Gasteiger partial charge on any atom is 0.211 e. The molecule has 0 spiro atoms. The van der Waals surface area contributed by atoms with Gasteiger partial charge >= 0.3 is 0 Å². The summed E-state index contributed by atoms with van der Waals surface area (Å²) in [5.74, 6) is 0.377. The summed E-state index contributed by atoms with van der Waals surface area (Å²) in [4.78, 5) is 0. The van der Waals surface area contributed by atoms with Gasteiger partial charge < -0.3 is 0 Å². The summed E-state index contributed by atoms with van der Waals surface area (Å²) in [6, 6.07) is 0. The molecule has 1 unspecified atom stereocenters. The smallest absolute Gasteiger partial charge is 0.211 e. The summed E-state index contributed by atoms with van der Waals surface area (Å²) in [6.45, 7) is 2.18. The van der Waals surface area contributed by atoms with Gasteiger partial charge in [0.1, 0.15) is 0 Å². The molecule has 1 fully saturated rings. The zero-order valence-electron chi connectivity index (χ0n) is 9.48. The molecule has 16 heavy (non-hydrogen) atoms. The maximum atomic E-state index is 11.4. The Morgan fingerprint density at radius 1 is 1.38 bits per heavy atom. The number of hydrogen-bond acceptors (Lipinski definition) is 4. The van der Waals surface area contributed by atoms with E-state index in [1.807, 2.05) is 6.92 Å². The third-order valence-electron chi connectivity index (χ3n) is 2.69. The summed E-state index contributed by atoms with van der Waals surface area (Å²) in [7, 11) is -6.13. The number of hydrogen-bond donors (Lipinski definition) is 1. The number of unbranched alkanes of at least 4 members (excludes halogenated alkanes) is 1. The fourth-order valence-corrected chi connectivity index (χ4v) is 4.85. The van der Waals surface area contributed by atoms with Gasteiger partial charge in [-0.2, -0.15) is 0 Å². The molecule has 0 aromatic rings. The normalized spacial score (nSPS) is 24.7. The Bertz CT molecular complexity index is 413. The third kappa shape index (κ3) is 4.80. The molecule has 1 atom stereocenters. The highest BCUT2D eigenvalue weighted by atomic mass is 32.2. The van der Waals surface area contributed by atoms with Crippen molar-refractivity contribution in [3.8, 4) is 0 Å². The highest BCUT2D eigenvalue weighted by molar-refractivity contribution is 7.91. The van der Waals surface area contributed by atoms with E-state index in [0.717, 1.165) is 6.42 Å². The molecule has 1 aliphatic rings. The molecular weight excluding hydrogens is 250 g/mol. The van der Waals surface area contributed by atoms with Crippen molar-refractivity contribution < 1.29 is 16.8 Å². The van der Waals surface area contributed by atoms with Crippen LogP contribution in [-0.2, 0) is 19.9 Å². The van der Waals surface area contributed by atoms with Crippen LogP contribution < -0.4 is 4.72 Å². The molecule has 1 saturated heterocycles. The molecule has 0 aliphatic carbocycles. The largest absolute Gasteiger partial charge is 0.229 e. The molecule has 1 rings (SSSR count). The molecule has 7 heteroatoms. The van der Waals surface area contributed by atoms with Crippen LogP contribution in [-0.4, -0.2) is 40.6 Å². The molecule has 1 N–H and O–H groups in total. The molecule has 0 aromatic carbocycles. The molecule has 96 valence electrons. The number of nitrogens with one attached hydrogen (secondary N) is 1. The predicted molar refractivity (Wildman–Crippen MR) is 63.5 cm³/mol. The van der Waals surface area contributed by atoms with Crippen LogP contribution >= 0.6 is 0 Å². The monoisotopic (exact) mass is 269 g/mol. The average molecular weight is 269 g/mol. The third-order valence-corrected chi connectivity index (χ3v) is 5.95. The predicted octanol–water partition coefficient (Wildman–Crippen LogP) is 0.141. The minimum Gasteiger partial charge on any atom is -0.229 e. The molecule has 0 aromatic heterocycles. The lowest BCUT2D eigenvalue weighted by Crippen LogP contribution is -2.31. The molecular formula is C9H19NO4S2. The van der Waals surface area contributed by atoms with Crippen molar-refractivity contribution in [3.05, 3.63) is 0 Å². The highest BCUT2D eigenvalue weighted by Gasteiger charge is 2.28. The van der Waals surface area contributed by atoms with Gasteiger partial charge in [0.15, 0.2) is 9.84 Å². The minimum absolute atomic E-state index is 0.0543. The fraction of sp³-hybridized carbons (Fsp3) is 1.00. The van der Waals surface area contributed by atoms with Crippen LogP contribution in [0.15, 0.2) is 0 Å². The molecule has 1 aliphatic heterocycles. The van der Waals surface area contributed by atoms with Crippen molar-refractivity contribution in [3.63, 3.8) is 0 Å². The SMILES string of the molecule is CCCCS(=O)(=O)NCC1CCS(=O)(=O)C1. The van der Waals surface area contributed by atoms with E-state index in [1.54, 1.807) is 0 Å². The van der Waals surface area contributed by atoms with Gasteiger partial charge in [0.05, 0.1) is 17.3 Å². The first-order valence-corrected chi connectivity index (χ1v) is 9.00. The highest BCUT2D eigenvalue weighted by Crippen LogP contribution is 2.17.